The van der Waals surface area contributed by atoms with Crippen LogP contribution in [-0.2, 0) is 14.4 Å². The molecule has 0 aromatic heterocycles. The third-order valence-electron chi connectivity index (χ3n) is 4.59. The molecule has 6 nitrogen and oxygen atoms in total. The van der Waals surface area contributed by atoms with E-state index in [1.165, 1.54) is 11.9 Å². The lowest BCUT2D eigenvalue weighted by molar-refractivity contribution is -0.122. The van der Waals surface area contributed by atoms with E-state index in [2.05, 4.69) is 21.0 Å². The number of imide groups is 1. The van der Waals surface area contributed by atoms with Gasteiger partial charge in [0.15, 0.2) is 5.78 Å². The van der Waals surface area contributed by atoms with Crippen LogP contribution >= 0.6 is 27.5 Å². The molecular weight excluding hydrogens is 434 g/mol. The quantitative estimate of drug-likeness (QED) is 0.678. The largest absolute Gasteiger partial charge is 0.293 e. The summed E-state index contributed by atoms with van der Waals surface area (Å²) in [6, 6.07) is 12.7. The summed E-state index contributed by atoms with van der Waals surface area (Å²) in [5.41, 5.74) is 1.14. The van der Waals surface area contributed by atoms with Gasteiger partial charge >= 0.3 is 0 Å². The van der Waals surface area contributed by atoms with Crippen LogP contribution in [0, 0.1) is 5.92 Å². The molecule has 2 aromatic carbocycles. The minimum absolute atomic E-state index is 0.0907. The molecule has 0 aliphatic carbocycles. The maximum atomic E-state index is 13.1. The van der Waals surface area contributed by atoms with Crippen molar-refractivity contribution in [2.24, 2.45) is 11.0 Å². The van der Waals surface area contributed by atoms with Gasteiger partial charge < -0.3 is 0 Å². The molecule has 4 rings (SSSR count). The summed E-state index contributed by atoms with van der Waals surface area (Å²) in [7, 11) is 0. The number of ketones is 1. The van der Waals surface area contributed by atoms with Crippen LogP contribution in [0.3, 0.4) is 0 Å². The molecule has 136 valence electrons. The number of nitrogens with zero attached hydrogens (tertiary/aromatic N) is 3. The van der Waals surface area contributed by atoms with E-state index in [4.69, 9.17) is 11.6 Å². The van der Waals surface area contributed by atoms with E-state index in [-0.39, 0.29) is 11.5 Å². The Balaban J connectivity index is 1.79. The van der Waals surface area contributed by atoms with Crippen molar-refractivity contribution in [3.05, 3.63) is 58.0 Å². The topological polar surface area (TPSA) is 70.1 Å². The summed E-state index contributed by atoms with van der Waals surface area (Å²) in [5, 5.41) is 6.28. The number of hydrogen-bond acceptors (Lipinski definition) is 5. The number of carbonyl (C=O) groups excluding carboxylic acids is 3. The maximum Gasteiger partial charge on any atom is 0.259 e. The normalized spacial score (nSPS) is 21.5. The van der Waals surface area contributed by atoms with Crippen LogP contribution in [0.15, 0.2) is 58.1 Å². The number of hydrazone groups is 1. The zero-order chi connectivity index (χ0) is 19.3. The van der Waals surface area contributed by atoms with Gasteiger partial charge in [0.1, 0.15) is 17.7 Å². The Morgan fingerprint density at radius 2 is 1.59 bits per heavy atom. The lowest BCUT2D eigenvalue weighted by Crippen LogP contribution is -2.39. The van der Waals surface area contributed by atoms with Gasteiger partial charge in [-0.25, -0.2) is 4.90 Å². The fourth-order valence-corrected chi connectivity index (χ4v) is 3.75. The van der Waals surface area contributed by atoms with E-state index in [0.717, 1.165) is 9.37 Å². The van der Waals surface area contributed by atoms with Gasteiger partial charge in [-0.2, -0.15) is 5.10 Å². The number of benzene rings is 2. The molecule has 2 aliphatic heterocycles. The summed E-state index contributed by atoms with van der Waals surface area (Å²) in [4.78, 5) is 39.4. The lowest BCUT2D eigenvalue weighted by atomic mass is 9.95. The second-order valence-electron chi connectivity index (χ2n) is 6.27. The van der Waals surface area contributed by atoms with E-state index in [1.54, 1.807) is 48.5 Å². The molecule has 0 radical (unpaired) electrons. The number of halogens is 2. The van der Waals surface area contributed by atoms with E-state index in [9.17, 15) is 14.4 Å². The van der Waals surface area contributed by atoms with Crippen molar-refractivity contribution in [2.45, 2.75) is 13.0 Å². The van der Waals surface area contributed by atoms with Gasteiger partial charge in [-0.3, -0.25) is 19.4 Å². The Labute approximate surface area is 168 Å². The number of Topliss-reactive ketones (excluding diaryl/α,β-unsaturated/α-hetero) is 1. The number of amides is 2. The molecular formula is C19H13BrClN3O3. The lowest BCUT2D eigenvalue weighted by Gasteiger charge is -2.22. The first-order valence-electron chi connectivity index (χ1n) is 8.16. The van der Waals surface area contributed by atoms with Crippen LogP contribution in [0.1, 0.15) is 6.92 Å². The molecule has 1 fully saturated rings. The Morgan fingerprint density at radius 1 is 1.00 bits per heavy atom. The highest BCUT2D eigenvalue weighted by molar-refractivity contribution is 9.10. The molecule has 0 bridgehead atoms. The molecule has 2 aromatic rings. The third kappa shape index (κ3) is 2.87. The smallest absolute Gasteiger partial charge is 0.259 e. The second-order valence-corrected chi connectivity index (χ2v) is 7.63. The van der Waals surface area contributed by atoms with Crippen molar-refractivity contribution in [1.82, 2.24) is 0 Å². The van der Waals surface area contributed by atoms with Crippen LogP contribution in [0.2, 0.25) is 5.02 Å². The number of rotatable bonds is 3. The number of fused-ring (bicyclic) bond motifs is 1. The van der Waals surface area contributed by atoms with E-state index >= 15 is 0 Å². The standard InChI is InChI=1S/C19H13BrClN3O3/c1-10(25)16-15-17(24(22-16)14-8-4-12(21)5-9-14)19(27)23(18(15)26)13-6-2-11(20)3-7-13/h2-9,15,17H,1H3/t15-,17-/m1/s1. The molecule has 8 heteroatoms. The van der Waals surface area contributed by atoms with Crippen LogP contribution in [0.25, 0.3) is 0 Å². The van der Waals surface area contributed by atoms with Crippen LogP contribution in [-0.4, -0.2) is 29.4 Å². The Morgan fingerprint density at radius 3 is 2.19 bits per heavy atom. The highest BCUT2D eigenvalue weighted by Gasteiger charge is 2.58. The highest BCUT2D eigenvalue weighted by Crippen LogP contribution is 2.38. The molecule has 27 heavy (non-hydrogen) atoms. The van der Waals surface area contributed by atoms with Crippen molar-refractivity contribution >= 4 is 62.2 Å². The molecule has 0 N–H and O–H groups in total. The Hall–Kier alpha value is -2.51. The summed E-state index contributed by atoms with van der Waals surface area (Å²) >= 11 is 9.27. The van der Waals surface area contributed by atoms with E-state index in [1.807, 2.05) is 0 Å². The molecule has 0 spiro atoms. The summed E-state index contributed by atoms with van der Waals surface area (Å²) in [6.07, 6.45) is 0. The summed E-state index contributed by atoms with van der Waals surface area (Å²) in [6.45, 7) is 1.35. The molecule has 1 saturated heterocycles. The highest BCUT2D eigenvalue weighted by atomic mass is 79.9. The molecule has 2 atom stereocenters. The fourth-order valence-electron chi connectivity index (χ4n) is 3.36. The predicted octanol–water partition coefficient (Wildman–Crippen LogP) is 3.43. The zero-order valence-electron chi connectivity index (χ0n) is 14.1. The van der Waals surface area contributed by atoms with Crippen LogP contribution in [0.5, 0.6) is 0 Å². The molecule has 2 aliphatic rings. The first-order chi connectivity index (χ1) is 12.9. The van der Waals surface area contributed by atoms with Gasteiger partial charge in [-0.1, -0.05) is 27.5 Å². The predicted molar refractivity (Wildman–Crippen MR) is 106 cm³/mol. The van der Waals surface area contributed by atoms with Crippen LogP contribution < -0.4 is 9.91 Å². The minimum Gasteiger partial charge on any atom is -0.293 e. The maximum absolute atomic E-state index is 13.1. The summed E-state index contributed by atoms with van der Waals surface area (Å²) < 4.78 is 0.833. The monoisotopic (exact) mass is 445 g/mol. The van der Waals surface area contributed by atoms with Crippen molar-refractivity contribution in [3.63, 3.8) is 0 Å². The minimum atomic E-state index is -0.922. The fraction of sp³-hybridized carbons (Fsp3) is 0.158. The Kier molecular flexibility index (Phi) is 4.36. The first-order valence-corrected chi connectivity index (χ1v) is 9.33. The SMILES string of the molecule is CC(=O)C1=NN(c2ccc(Cl)cc2)[C@H]2C(=O)N(c3ccc(Br)cc3)C(=O)[C@H]12. The number of hydrogen-bond donors (Lipinski definition) is 0. The molecule has 0 unspecified atom stereocenters. The Bertz CT molecular complexity index is 988. The first kappa shape index (κ1) is 17.9. The molecule has 0 saturated carbocycles. The van der Waals surface area contributed by atoms with Gasteiger partial charge in [0.05, 0.1) is 11.4 Å². The molecule has 2 amide bonds. The zero-order valence-corrected chi connectivity index (χ0v) is 16.4. The average Bonchev–Trinajstić information content (AvgIpc) is 3.15. The molecule has 2 heterocycles. The van der Waals surface area contributed by atoms with Crippen molar-refractivity contribution in [1.29, 1.82) is 0 Å². The van der Waals surface area contributed by atoms with E-state index in [0.29, 0.717) is 16.4 Å². The third-order valence-corrected chi connectivity index (χ3v) is 5.37. The van der Waals surface area contributed by atoms with E-state index < -0.39 is 23.8 Å². The number of carbonyl (C=O) groups is 3. The second kappa shape index (κ2) is 6.58. The van der Waals surface area contributed by atoms with Gasteiger partial charge in [0, 0.05) is 16.4 Å². The van der Waals surface area contributed by atoms with Crippen LogP contribution in [0.4, 0.5) is 11.4 Å². The number of anilines is 2. The van der Waals surface area contributed by atoms with Gasteiger partial charge in [-0.05, 0) is 48.5 Å². The van der Waals surface area contributed by atoms with Crippen molar-refractivity contribution in [3.8, 4) is 0 Å². The van der Waals surface area contributed by atoms with Gasteiger partial charge in [0.25, 0.3) is 5.91 Å². The van der Waals surface area contributed by atoms with Gasteiger partial charge in [0.2, 0.25) is 5.91 Å². The van der Waals surface area contributed by atoms with Gasteiger partial charge in [-0.15, -0.1) is 0 Å². The van der Waals surface area contributed by atoms with Crippen molar-refractivity contribution < 1.29 is 14.4 Å². The average molecular weight is 447 g/mol. The van der Waals surface area contributed by atoms with Crippen molar-refractivity contribution in [2.75, 3.05) is 9.91 Å². The summed E-state index contributed by atoms with van der Waals surface area (Å²) in [5.74, 6) is -2.12.